The number of aromatic carboxylic acids is 1. The number of nitriles is 1. The van der Waals surface area contributed by atoms with Crippen molar-refractivity contribution in [3.63, 3.8) is 0 Å². The Bertz CT molecular complexity index is 1380. The van der Waals surface area contributed by atoms with Crippen molar-refractivity contribution in [3.8, 4) is 17.9 Å². The topological polar surface area (TPSA) is 112 Å². The molecule has 7 nitrogen and oxygen atoms in total. The van der Waals surface area contributed by atoms with E-state index in [0.717, 1.165) is 11.1 Å². The second-order valence-electron chi connectivity index (χ2n) is 8.16. The zero-order valence-electron chi connectivity index (χ0n) is 18.5. The first-order chi connectivity index (χ1) is 16.4. The van der Waals surface area contributed by atoms with E-state index in [4.69, 9.17) is 9.84 Å². The third-order valence-corrected chi connectivity index (χ3v) is 5.57. The fourth-order valence-corrected chi connectivity index (χ4v) is 3.69. The number of hydrogen-bond donors (Lipinski definition) is 2. The first kappa shape index (κ1) is 22.7. The number of aromatic nitrogens is 1. The van der Waals surface area contributed by atoms with Crippen LogP contribution in [0.3, 0.4) is 0 Å². The van der Waals surface area contributed by atoms with Gasteiger partial charge in [0, 0.05) is 22.9 Å². The van der Waals surface area contributed by atoms with E-state index >= 15 is 0 Å². The van der Waals surface area contributed by atoms with Crippen LogP contribution in [0.2, 0.25) is 0 Å². The van der Waals surface area contributed by atoms with E-state index in [-0.39, 0.29) is 18.0 Å². The molecule has 0 aliphatic carbocycles. The van der Waals surface area contributed by atoms with Crippen molar-refractivity contribution >= 4 is 11.9 Å². The molecule has 0 saturated heterocycles. The second kappa shape index (κ2) is 9.58. The lowest BCUT2D eigenvalue weighted by Crippen LogP contribution is -2.33. The summed E-state index contributed by atoms with van der Waals surface area (Å²) in [6, 6.07) is 17.5. The molecule has 1 aliphatic rings. The fourth-order valence-electron chi connectivity index (χ4n) is 3.69. The molecule has 1 amide bonds. The van der Waals surface area contributed by atoms with Crippen LogP contribution in [-0.2, 0) is 23.3 Å². The molecule has 1 aliphatic heterocycles. The zero-order valence-corrected chi connectivity index (χ0v) is 18.5. The van der Waals surface area contributed by atoms with E-state index in [1.54, 1.807) is 49.5 Å². The van der Waals surface area contributed by atoms with Gasteiger partial charge in [-0.15, -0.1) is 0 Å². The van der Waals surface area contributed by atoms with Gasteiger partial charge in [-0.3, -0.25) is 9.78 Å². The highest BCUT2D eigenvalue weighted by Crippen LogP contribution is 2.32. The number of amides is 1. The molecule has 0 spiro atoms. The van der Waals surface area contributed by atoms with Gasteiger partial charge in [0.25, 0.3) is 5.91 Å². The maximum atomic E-state index is 12.8. The Morgan fingerprint density at radius 1 is 1.12 bits per heavy atom. The van der Waals surface area contributed by atoms with Crippen molar-refractivity contribution in [3.05, 3.63) is 99.9 Å². The number of carbonyl (C=O) groups excluding carboxylic acids is 1. The van der Waals surface area contributed by atoms with Crippen molar-refractivity contribution in [1.29, 1.82) is 5.26 Å². The van der Waals surface area contributed by atoms with Gasteiger partial charge in [-0.25, -0.2) is 4.79 Å². The molecule has 0 radical (unpaired) electrons. The summed E-state index contributed by atoms with van der Waals surface area (Å²) in [7, 11) is 0. The minimum absolute atomic E-state index is 0.176. The van der Waals surface area contributed by atoms with Gasteiger partial charge in [0.2, 0.25) is 0 Å². The summed E-state index contributed by atoms with van der Waals surface area (Å²) in [4.78, 5) is 28.1. The van der Waals surface area contributed by atoms with Gasteiger partial charge in [0.05, 0.1) is 37.1 Å². The molecule has 0 bridgehead atoms. The monoisotopic (exact) mass is 451 g/mol. The number of rotatable bonds is 4. The number of ether oxygens (including phenoxy) is 1. The number of carboxylic acids is 1. The van der Waals surface area contributed by atoms with E-state index < -0.39 is 11.4 Å². The standard InChI is InChI=1S/C27H21N3O4/c1-27(16-28)17-34-15-22-8-7-20(13-24(22)27)25(31)30-14-23-12-19(9-10-29-23)6-5-18-3-2-4-21(11-18)26(32)33/h2-4,7-13H,14-15,17H2,1H3,(H,30,31)(H,32,33). The summed E-state index contributed by atoms with van der Waals surface area (Å²) in [5.41, 5.74) is 3.50. The first-order valence-corrected chi connectivity index (χ1v) is 10.6. The third-order valence-electron chi connectivity index (χ3n) is 5.57. The number of hydrogen-bond acceptors (Lipinski definition) is 5. The lowest BCUT2D eigenvalue weighted by atomic mass is 9.79. The number of pyridine rings is 1. The molecule has 2 N–H and O–H groups in total. The summed E-state index contributed by atoms with van der Waals surface area (Å²) in [5, 5.41) is 21.5. The van der Waals surface area contributed by atoms with Crippen LogP contribution in [-0.4, -0.2) is 28.6 Å². The summed E-state index contributed by atoms with van der Waals surface area (Å²) in [6.45, 7) is 2.73. The van der Waals surface area contributed by atoms with Crippen LogP contribution in [0.5, 0.6) is 0 Å². The number of nitrogens with one attached hydrogen (secondary N) is 1. The van der Waals surface area contributed by atoms with E-state index in [0.29, 0.717) is 35.6 Å². The number of fused-ring (bicyclic) bond motifs is 1. The van der Waals surface area contributed by atoms with E-state index in [9.17, 15) is 14.9 Å². The number of nitrogens with zero attached hydrogens (tertiary/aromatic N) is 2. The molecule has 1 unspecified atom stereocenters. The largest absolute Gasteiger partial charge is 0.478 e. The van der Waals surface area contributed by atoms with Crippen LogP contribution in [0.15, 0.2) is 60.8 Å². The minimum atomic E-state index is -1.00. The molecule has 1 atom stereocenters. The van der Waals surface area contributed by atoms with Gasteiger partial charge in [0.1, 0.15) is 5.41 Å². The predicted molar refractivity (Wildman–Crippen MR) is 124 cm³/mol. The van der Waals surface area contributed by atoms with Gasteiger partial charge in [0.15, 0.2) is 0 Å². The predicted octanol–water partition coefficient (Wildman–Crippen LogP) is 3.42. The lowest BCUT2D eigenvalue weighted by Gasteiger charge is -2.30. The minimum Gasteiger partial charge on any atom is -0.478 e. The van der Waals surface area contributed by atoms with Crippen molar-refractivity contribution < 1.29 is 19.4 Å². The van der Waals surface area contributed by atoms with Crippen molar-refractivity contribution in [1.82, 2.24) is 10.3 Å². The molecule has 168 valence electrons. The van der Waals surface area contributed by atoms with Gasteiger partial charge in [-0.05, 0) is 60.5 Å². The zero-order chi connectivity index (χ0) is 24.1. The Hall–Kier alpha value is -4.46. The Labute approximate surface area is 197 Å². The van der Waals surface area contributed by atoms with Crippen LogP contribution in [0, 0.1) is 23.2 Å². The molecular formula is C27H21N3O4. The van der Waals surface area contributed by atoms with Crippen LogP contribution in [0.4, 0.5) is 0 Å². The van der Waals surface area contributed by atoms with Crippen LogP contribution >= 0.6 is 0 Å². The van der Waals surface area contributed by atoms with Crippen LogP contribution in [0.25, 0.3) is 0 Å². The summed E-state index contributed by atoms with van der Waals surface area (Å²) < 4.78 is 5.52. The van der Waals surface area contributed by atoms with Crippen molar-refractivity contribution in [2.45, 2.75) is 25.5 Å². The van der Waals surface area contributed by atoms with Gasteiger partial charge < -0.3 is 15.2 Å². The molecule has 3 aromatic rings. The maximum absolute atomic E-state index is 12.8. The molecule has 7 heteroatoms. The van der Waals surface area contributed by atoms with E-state index in [2.05, 4.69) is 28.2 Å². The molecule has 0 fully saturated rings. The number of carbonyl (C=O) groups is 2. The smallest absolute Gasteiger partial charge is 0.335 e. The Kier molecular flexibility index (Phi) is 6.40. The number of benzene rings is 2. The van der Waals surface area contributed by atoms with Crippen LogP contribution in [0.1, 0.15) is 55.6 Å². The average Bonchev–Trinajstić information content (AvgIpc) is 2.86. The Balaban J connectivity index is 1.46. The summed E-state index contributed by atoms with van der Waals surface area (Å²) >= 11 is 0. The maximum Gasteiger partial charge on any atom is 0.335 e. The third kappa shape index (κ3) is 4.96. The van der Waals surface area contributed by atoms with Gasteiger partial charge in [-0.2, -0.15) is 5.26 Å². The van der Waals surface area contributed by atoms with Crippen molar-refractivity contribution in [2.24, 2.45) is 0 Å². The summed E-state index contributed by atoms with van der Waals surface area (Å²) in [6.07, 6.45) is 1.61. The SMILES string of the molecule is CC1(C#N)COCc2ccc(C(=O)NCc3cc(C#Cc4cccc(C(=O)O)c4)ccn3)cc21. The molecule has 4 rings (SSSR count). The second-order valence-corrected chi connectivity index (χ2v) is 8.16. The summed E-state index contributed by atoms with van der Waals surface area (Å²) in [5.74, 6) is 4.68. The van der Waals surface area contributed by atoms with E-state index in [1.165, 1.54) is 12.1 Å². The molecule has 34 heavy (non-hydrogen) atoms. The molecule has 0 saturated carbocycles. The van der Waals surface area contributed by atoms with Crippen LogP contribution < -0.4 is 5.32 Å². The van der Waals surface area contributed by atoms with E-state index in [1.807, 2.05) is 6.07 Å². The quantitative estimate of drug-likeness (QED) is 0.588. The van der Waals surface area contributed by atoms with Gasteiger partial charge in [-0.1, -0.05) is 24.0 Å². The highest BCUT2D eigenvalue weighted by atomic mass is 16.5. The highest BCUT2D eigenvalue weighted by Gasteiger charge is 2.33. The van der Waals surface area contributed by atoms with Gasteiger partial charge >= 0.3 is 5.97 Å². The highest BCUT2D eigenvalue weighted by molar-refractivity contribution is 5.94. The Morgan fingerprint density at radius 2 is 1.91 bits per heavy atom. The molecule has 2 heterocycles. The molecule has 1 aromatic heterocycles. The first-order valence-electron chi connectivity index (χ1n) is 10.6. The number of carboxylic acid groups (broad SMARTS) is 1. The van der Waals surface area contributed by atoms with Crippen molar-refractivity contribution in [2.75, 3.05) is 6.61 Å². The molecule has 2 aromatic carbocycles. The normalized spacial score (nSPS) is 16.4. The Morgan fingerprint density at radius 3 is 2.68 bits per heavy atom. The average molecular weight is 451 g/mol. The fraction of sp³-hybridized carbons (Fsp3) is 0.185. The lowest BCUT2D eigenvalue weighted by molar-refractivity contribution is 0.0696. The molecular weight excluding hydrogens is 430 g/mol.